The molecule has 5 heteroatoms. The quantitative estimate of drug-likeness (QED) is 0.720. The molecule has 3 aromatic rings. The van der Waals surface area contributed by atoms with Gasteiger partial charge in [0.15, 0.2) is 0 Å². The van der Waals surface area contributed by atoms with Crippen LogP contribution < -0.4 is 0 Å². The monoisotopic (exact) mass is 223 g/mol. The summed E-state index contributed by atoms with van der Waals surface area (Å²) >= 11 is 0. The maximum absolute atomic E-state index is 4.09. The van der Waals surface area contributed by atoms with Gasteiger partial charge in [-0.15, -0.1) is 10.2 Å². The third-order valence-electron chi connectivity index (χ3n) is 2.48. The van der Waals surface area contributed by atoms with E-state index in [4.69, 9.17) is 0 Å². The average Bonchev–Trinajstić information content (AvgIpc) is 2.94. The molecule has 0 saturated heterocycles. The lowest BCUT2D eigenvalue weighted by Crippen LogP contribution is -1.83. The molecule has 0 aliphatic rings. The number of pyridine rings is 1. The van der Waals surface area contributed by atoms with Crippen LogP contribution in [-0.4, -0.2) is 25.6 Å². The van der Waals surface area contributed by atoms with Gasteiger partial charge in [-0.1, -0.05) is 30.3 Å². The highest BCUT2D eigenvalue weighted by Crippen LogP contribution is 2.21. The number of nitrogens with zero attached hydrogens (tertiary/aromatic N) is 4. The summed E-state index contributed by atoms with van der Waals surface area (Å²) in [6.07, 6.45) is 3.60. The van der Waals surface area contributed by atoms with Crippen molar-refractivity contribution in [2.24, 2.45) is 0 Å². The third kappa shape index (κ3) is 1.90. The standard InChI is InChI=1S/C12H9N5/c1-2-11(8-13-7-1)9-3-5-10(6-4-9)12-14-16-17-15-12/h1-8H,(H,14,15,16,17). The molecule has 5 nitrogen and oxygen atoms in total. The Morgan fingerprint density at radius 1 is 0.882 bits per heavy atom. The molecule has 0 spiro atoms. The second-order valence-corrected chi connectivity index (χ2v) is 3.55. The van der Waals surface area contributed by atoms with E-state index in [9.17, 15) is 0 Å². The van der Waals surface area contributed by atoms with Crippen molar-refractivity contribution in [2.45, 2.75) is 0 Å². The fraction of sp³-hybridized carbons (Fsp3) is 0. The second kappa shape index (κ2) is 4.13. The highest BCUT2D eigenvalue weighted by molar-refractivity contribution is 5.66. The van der Waals surface area contributed by atoms with E-state index < -0.39 is 0 Å². The molecular formula is C12H9N5. The van der Waals surface area contributed by atoms with Gasteiger partial charge in [-0.25, -0.2) is 0 Å². The molecule has 0 radical (unpaired) electrons. The van der Waals surface area contributed by atoms with Crippen molar-refractivity contribution < 1.29 is 0 Å². The number of aromatic nitrogens is 5. The number of rotatable bonds is 2. The zero-order valence-electron chi connectivity index (χ0n) is 8.91. The van der Waals surface area contributed by atoms with Crippen molar-refractivity contribution in [3.05, 3.63) is 48.8 Å². The Kier molecular flexibility index (Phi) is 2.34. The maximum Gasteiger partial charge on any atom is 0.204 e. The van der Waals surface area contributed by atoms with Gasteiger partial charge in [-0.05, 0) is 22.4 Å². The van der Waals surface area contributed by atoms with Crippen LogP contribution in [0.4, 0.5) is 0 Å². The largest absolute Gasteiger partial charge is 0.264 e. The molecule has 2 heterocycles. The first-order valence-corrected chi connectivity index (χ1v) is 5.18. The van der Waals surface area contributed by atoms with E-state index in [0.29, 0.717) is 5.82 Å². The molecule has 0 amide bonds. The minimum absolute atomic E-state index is 0.600. The van der Waals surface area contributed by atoms with Crippen LogP contribution in [0.1, 0.15) is 0 Å². The van der Waals surface area contributed by atoms with E-state index in [-0.39, 0.29) is 0 Å². The van der Waals surface area contributed by atoms with Crippen LogP contribution in [0.2, 0.25) is 0 Å². The van der Waals surface area contributed by atoms with Crippen molar-refractivity contribution >= 4 is 0 Å². The van der Waals surface area contributed by atoms with Crippen molar-refractivity contribution in [1.29, 1.82) is 0 Å². The van der Waals surface area contributed by atoms with Crippen LogP contribution in [0, 0.1) is 0 Å². The normalized spacial score (nSPS) is 10.4. The molecule has 0 unspecified atom stereocenters. The summed E-state index contributed by atoms with van der Waals surface area (Å²) in [5.74, 6) is 0.600. The van der Waals surface area contributed by atoms with E-state index in [1.165, 1.54) is 0 Å². The van der Waals surface area contributed by atoms with Gasteiger partial charge in [0.25, 0.3) is 0 Å². The fourth-order valence-electron chi connectivity index (χ4n) is 1.63. The lowest BCUT2D eigenvalue weighted by molar-refractivity contribution is 0.881. The van der Waals surface area contributed by atoms with Crippen LogP contribution in [-0.2, 0) is 0 Å². The summed E-state index contributed by atoms with van der Waals surface area (Å²) in [6.45, 7) is 0. The molecule has 82 valence electrons. The van der Waals surface area contributed by atoms with Crippen molar-refractivity contribution in [2.75, 3.05) is 0 Å². The number of aromatic amines is 1. The zero-order valence-corrected chi connectivity index (χ0v) is 8.91. The van der Waals surface area contributed by atoms with Gasteiger partial charge in [0.05, 0.1) is 0 Å². The summed E-state index contributed by atoms with van der Waals surface area (Å²) < 4.78 is 0. The Morgan fingerprint density at radius 3 is 2.35 bits per heavy atom. The van der Waals surface area contributed by atoms with Crippen molar-refractivity contribution in [3.63, 3.8) is 0 Å². The van der Waals surface area contributed by atoms with Crippen LogP contribution in [0.25, 0.3) is 22.5 Å². The van der Waals surface area contributed by atoms with Crippen LogP contribution >= 0.6 is 0 Å². The van der Waals surface area contributed by atoms with E-state index in [1.54, 1.807) is 6.20 Å². The van der Waals surface area contributed by atoms with Gasteiger partial charge in [-0.3, -0.25) is 4.98 Å². The van der Waals surface area contributed by atoms with Crippen molar-refractivity contribution in [3.8, 4) is 22.5 Å². The molecule has 0 saturated carbocycles. The summed E-state index contributed by atoms with van der Waals surface area (Å²) in [7, 11) is 0. The molecule has 0 bridgehead atoms. The Hall–Kier alpha value is -2.56. The molecule has 0 atom stereocenters. The predicted octanol–water partition coefficient (Wildman–Crippen LogP) is 1.93. The Bertz CT molecular complexity index is 587. The molecule has 0 aliphatic heterocycles. The van der Waals surface area contributed by atoms with Gasteiger partial charge in [-0.2, -0.15) is 5.21 Å². The minimum atomic E-state index is 0.600. The maximum atomic E-state index is 4.09. The van der Waals surface area contributed by atoms with Crippen molar-refractivity contribution in [1.82, 2.24) is 25.6 Å². The van der Waals surface area contributed by atoms with Gasteiger partial charge in [0.2, 0.25) is 5.82 Å². The van der Waals surface area contributed by atoms with Crippen LogP contribution in [0.3, 0.4) is 0 Å². The summed E-state index contributed by atoms with van der Waals surface area (Å²) in [4.78, 5) is 4.09. The fourth-order valence-corrected chi connectivity index (χ4v) is 1.63. The highest BCUT2D eigenvalue weighted by Gasteiger charge is 2.03. The lowest BCUT2D eigenvalue weighted by Gasteiger charge is -2.01. The predicted molar refractivity (Wildman–Crippen MR) is 62.8 cm³/mol. The Labute approximate surface area is 97.5 Å². The van der Waals surface area contributed by atoms with Crippen LogP contribution in [0.15, 0.2) is 48.8 Å². The molecule has 2 aromatic heterocycles. The number of tetrazole rings is 1. The van der Waals surface area contributed by atoms with Gasteiger partial charge >= 0.3 is 0 Å². The number of hydrogen-bond donors (Lipinski definition) is 1. The Balaban J connectivity index is 1.96. The van der Waals surface area contributed by atoms with Gasteiger partial charge < -0.3 is 0 Å². The average molecular weight is 223 g/mol. The molecule has 3 rings (SSSR count). The first-order chi connectivity index (χ1) is 8.43. The van der Waals surface area contributed by atoms with E-state index >= 15 is 0 Å². The first kappa shape index (κ1) is 9.65. The highest BCUT2D eigenvalue weighted by atomic mass is 15.5. The molecule has 1 N–H and O–H groups in total. The number of H-pyrrole nitrogens is 1. The molecule has 0 fully saturated rings. The topological polar surface area (TPSA) is 67.3 Å². The van der Waals surface area contributed by atoms with E-state index in [1.807, 2.05) is 42.6 Å². The third-order valence-corrected chi connectivity index (χ3v) is 2.48. The summed E-state index contributed by atoms with van der Waals surface area (Å²) in [6, 6.07) is 11.9. The molecule has 17 heavy (non-hydrogen) atoms. The number of nitrogens with one attached hydrogen (secondary N) is 1. The van der Waals surface area contributed by atoms with Gasteiger partial charge in [0, 0.05) is 18.0 Å². The Morgan fingerprint density at radius 2 is 1.71 bits per heavy atom. The van der Waals surface area contributed by atoms with E-state index in [2.05, 4.69) is 25.6 Å². The number of benzene rings is 1. The molecule has 1 aromatic carbocycles. The molecule has 0 aliphatic carbocycles. The first-order valence-electron chi connectivity index (χ1n) is 5.18. The van der Waals surface area contributed by atoms with Crippen LogP contribution in [0.5, 0.6) is 0 Å². The van der Waals surface area contributed by atoms with Gasteiger partial charge in [0.1, 0.15) is 0 Å². The second-order valence-electron chi connectivity index (χ2n) is 3.55. The smallest absolute Gasteiger partial charge is 0.204 e. The zero-order chi connectivity index (χ0) is 11.5. The molecular weight excluding hydrogens is 214 g/mol. The summed E-state index contributed by atoms with van der Waals surface area (Å²) in [5.41, 5.74) is 3.14. The summed E-state index contributed by atoms with van der Waals surface area (Å²) in [5, 5.41) is 13.8. The van der Waals surface area contributed by atoms with E-state index in [0.717, 1.165) is 16.7 Å². The minimum Gasteiger partial charge on any atom is -0.264 e. The SMILES string of the molecule is c1cncc(-c2ccc(-c3nn[nH]n3)cc2)c1. The number of hydrogen-bond acceptors (Lipinski definition) is 4. The lowest BCUT2D eigenvalue weighted by atomic mass is 10.1.